The number of benzene rings is 2. The van der Waals surface area contributed by atoms with E-state index in [1.54, 1.807) is 31.0 Å². The molecule has 0 aliphatic carbocycles. The standard InChI is InChI=1S/C24H20F3N7O2S/c1-3-34(2)21-17(30-22(37-21)24(25,26)27)20-32-33-23(36-20)31-18-19(35)28-15-12-8-7-11-14(15)16(29-18)13-9-5-4-6-10-13/h4-12,18H,3H2,1-2H3,(H,28,35)(H,31,33)/t18-/m0/s1. The van der Waals surface area contributed by atoms with Gasteiger partial charge in [-0.3, -0.25) is 4.79 Å². The summed E-state index contributed by atoms with van der Waals surface area (Å²) in [6, 6.07) is 16.4. The van der Waals surface area contributed by atoms with Crippen molar-refractivity contribution in [3.8, 4) is 11.6 Å². The maximum Gasteiger partial charge on any atom is 0.443 e. The van der Waals surface area contributed by atoms with Crippen LogP contribution in [0, 0.1) is 0 Å². The number of carbonyl (C=O) groups is 1. The molecule has 0 saturated heterocycles. The Morgan fingerprint density at radius 1 is 1.11 bits per heavy atom. The molecule has 2 N–H and O–H groups in total. The van der Waals surface area contributed by atoms with Crippen molar-refractivity contribution in [1.82, 2.24) is 15.2 Å². The second-order valence-corrected chi connectivity index (χ2v) is 9.00. The summed E-state index contributed by atoms with van der Waals surface area (Å²) in [7, 11) is 1.64. The van der Waals surface area contributed by atoms with Crippen molar-refractivity contribution in [3.63, 3.8) is 0 Å². The van der Waals surface area contributed by atoms with Gasteiger partial charge in [0.15, 0.2) is 5.69 Å². The molecule has 0 radical (unpaired) electrons. The molecule has 1 aliphatic heterocycles. The molecule has 13 heteroatoms. The first-order valence-electron chi connectivity index (χ1n) is 11.2. The second-order valence-electron chi connectivity index (χ2n) is 8.02. The summed E-state index contributed by atoms with van der Waals surface area (Å²) in [4.78, 5) is 23.0. The van der Waals surface area contributed by atoms with E-state index in [1.165, 1.54) is 0 Å². The molecule has 2 aromatic carbocycles. The molecule has 3 heterocycles. The van der Waals surface area contributed by atoms with Crippen LogP contribution in [0.1, 0.15) is 23.1 Å². The highest BCUT2D eigenvalue weighted by atomic mass is 32.1. The fourth-order valence-electron chi connectivity index (χ4n) is 3.65. The summed E-state index contributed by atoms with van der Waals surface area (Å²) in [5, 5.41) is 12.6. The predicted octanol–water partition coefficient (Wildman–Crippen LogP) is 4.90. The molecule has 1 amide bonds. The lowest BCUT2D eigenvalue weighted by Crippen LogP contribution is -2.32. The largest absolute Gasteiger partial charge is 0.443 e. The molecule has 9 nitrogen and oxygen atoms in total. The van der Waals surface area contributed by atoms with E-state index in [1.807, 2.05) is 42.5 Å². The van der Waals surface area contributed by atoms with E-state index in [0.29, 0.717) is 29.3 Å². The number of nitrogens with one attached hydrogen (secondary N) is 2. The Kier molecular flexibility index (Phi) is 6.38. The van der Waals surface area contributed by atoms with Crippen LogP contribution in [0.5, 0.6) is 0 Å². The van der Waals surface area contributed by atoms with Crippen LogP contribution < -0.4 is 15.5 Å². The number of amides is 1. The van der Waals surface area contributed by atoms with E-state index in [9.17, 15) is 18.0 Å². The normalized spacial score (nSPS) is 15.4. The molecule has 0 spiro atoms. The molecule has 1 atom stereocenters. The minimum Gasteiger partial charge on any atom is -0.402 e. The number of benzodiazepines with no additional fused rings is 1. The fraction of sp³-hybridized carbons (Fsp3) is 0.208. The Balaban J connectivity index is 1.49. The first-order chi connectivity index (χ1) is 17.7. The molecule has 0 bridgehead atoms. The van der Waals surface area contributed by atoms with Crippen LogP contribution in [0.15, 0.2) is 64.0 Å². The summed E-state index contributed by atoms with van der Waals surface area (Å²) in [6.45, 7) is 2.23. The molecular formula is C24H20F3N7O2S. The Morgan fingerprint density at radius 2 is 1.84 bits per heavy atom. The van der Waals surface area contributed by atoms with Gasteiger partial charge in [0.1, 0.15) is 5.00 Å². The van der Waals surface area contributed by atoms with Crippen LogP contribution >= 0.6 is 11.3 Å². The molecule has 190 valence electrons. The summed E-state index contributed by atoms with van der Waals surface area (Å²) in [5.74, 6) is -0.688. The van der Waals surface area contributed by atoms with Crippen molar-refractivity contribution in [2.45, 2.75) is 19.3 Å². The van der Waals surface area contributed by atoms with Gasteiger partial charge in [0, 0.05) is 24.7 Å². The number of rotatable bonds is 6. The van der Waals surface area contributed by atoms with Crippen LogP contribution in [-0.2, 0) is 11.0 Å². The maximum atomic E-state index is 13.3. The van der Waals surface area contributed by atoms with Crippen molar-refractivity contribution < 1.29 is 22.4 Å². The molecule has 5 rings (SSSR count). The van der Waals surface area contributed by atoms with Gasteiger partial charge in [0.05, 0.1) is 11.4 Å². The van der Waals surface area contributed by atoms with E-state index in [4.69, 9.17) is 4.42 Å². The highest BCUT2D eigenvalue weighted by Gasteiger charge is 2.38. The van der Waals surface area contributed by atoms with E-state index < -0.39 is 23.3 Å². The van der Waals surface area contributed by atoms with Gasteiger partial charge in [-0.1, -0.05) is 65.0 Å². The zero-order valence-electron chi connectivity index (χ0n) is 19.6. The topological polar surface area (TPSA) is 109 Å². The van der Waals surface area contributed by atoms with E-state index in [2.05, 4.69) is 30.8 Å². The Morgan fingerprint density at radius 3 is 2.57 bits per heavy atom. The number of hydrogen-bond acceptors (Lipinski definition) is 9. The number of halogens is 3. The summed E-state index contributed by atoms with van der Waals surface area (Å²) in [6.07, 6.45) is -5.78. The van der Waals surface area contributed by atoms with Gasteiger partial charge in [-0.2, -0.15) is 13.2 Å². The number of carbonyl (C=O) groups excluding carboxylic acids is 1. The van der Waals surface area contributed by atoms with Gasteiger partial charge in [0.2, 0.25) is 11.2 Å². The molecule has 4 aromatic rings. The smallest absolute Gasteiger partial charge is 0.402 e. The zero-order valence-corrected chi connectivity index (χ0v) is 20.4. The van der Waals surface area contributed by atoms with Gasteiger partial charge < -0.3 is 20.0 Å². The van der Waals surface area contributed by atoms with Crippen molar-refractivity contribution in [1.29, 1.82) is 0 Å². The monoisotopic (exact) mass is 527 g/mol. The van der Waals surface area contributed by atoms with Crippen molar-refractivity contribution >= 4 is 39.7 Å². The molecule has 37 heavy (non-hydrogen) atoms. The van der Waals surface area contributed by atoms with E-state index >= 15 is 0 Å². The summed E-state index contributed by atoms with van der Waals surface area (Å²) >= 11 is 0.489. The summed E-state index contributed by atoms with van der Waals surface area (Å²) < 4.78 is 45.6. The minimum atomic E-state index is -4.62. The van der Waals surface area contributed by atoms with Gasteiger partial charge in [-0.05, 0) is 13.0 Å². The fourth-order valence-corrected chi connectivity index (χ4v) is 4.60. The number of hydrogen-bond donors (Lipinski definition) is 2. The predicted molar refractivity (Wildman–Crippen MR) is 134 cm³/mol. The third kappa shape index (κ3) is 4.89. The quantitative estimate of drug-likeness (QED) is 0.367. The average Bonchev–Trinajstić information content (AvgIpc) is 3.51. The number of aliphatic imine (C=N–C) groups is 1. The number of nitrogens with zero attached hydrogens (tertiary/aromatic N) is 5. The molecule has 1 aliphatic rings. The Bertz CT molecular complexity index is 1470. The van der Waals surface area contributed by atoms with Crippen molar-refractivity contribution in [2.24, 2.45) is 4.99 Å². The van der Waals surface area contributed by atoms with Crippen LogP contribution in [0.25, 0.3) is 11.6 Å². The number of fused-ring (bicyclic) bond motifs is 1. The maximum absolute atomic E-state index is 13.3. The minimum absolute atomic E-state index is 0.0894. The number of anilines is 3. The lowest BCUT2D eigenvalue weighted by Gasteiger charge is -2.14. The Hall–Kier alpha value is -4.26. The lowest BCUT2D eigenvalue weighted by molar-refractivity contribution is -0.137. The SMILES string of the molecule is CCN(C)c1sc(C(F)(F)F)nc1-c1nnc(N[C@@H]2N=C(c3ccccc3)c3ccccc3NC2=O)o1. The number of para-hydroxylation sites is 1. The van der Waals surface area contributed by atoms with Crippen molar-refractivity contribution in [3.05, 3.63) is 70.7 Å². The lowest BCUT2D eigenvalue weighted by atomic mass is 10.0. The van der Waals surface area contributed by atoms with Crippen LogP contribution in [0.2, 0.25) is 0 Å². The first kappa shape index (κ1) is 24.4. The van der Waals surface area contributed by atoms with Gasteiger partial charge in [-0.25, -0.2) is 9.98 Å². The van der Waals surface area contributed by atoms with E-state index in [0.717, 1.165) is 11.1 Å². The third-order valence-electron chi connectivity index (χ3n) is 5.55. The van der Waals surface area contributed by atoms with Crippen molar-refractivity contribution in [2.75, 3.05) is 29.1 Å². The van der Waals surface area contributed by atoms with Gasteiger partial charge in [0.25, 0.3) is 11.8 Å². The molecular weight excluding hydrogens is 507 g/mol. The molecule has 0 unspecified atom stereocenters. The highest BCUT2D eigenvalue weighted by molar-refractivity contribution is 7.16. The number of alkyl halides is 3. The van der Waals surface area contributed by atoms with Gasteiger partial charge >= 0.3 is 12.2 Å². The van der Waals surface area contributed by atoms with Crippen LogP contribution in [-0.4, -0.2) is 46.6 Å². The average molecular weight is 528 g/mol. The second kappa shape index (κ2) is 9.65. The number of aromatic nitrogens is 3. The van der Waals surface area contributed by atoms with Crippen LogP contribution in [0.4, 0.5) is 29.9 Å². The van der Waals surface area contributed by atoms with Crippen LogP contribution in [0.3, 0.4) is 0 Å². The molecule has 0 fully saturated rings. The highest BCUT2D eigenvalue weighted by Crippen LogP contribution is 2.42. The van der Waals surface area contributed by atoms with Gasteiger partial charge in [-0.15, -0.1) is 5.10 Å². The third-order valence-corrected chi connectivity index (χ3v) is 6.77. The Labute approximate surface area is 213 Å². The van der Waals surface area contributed by atoms with E-state index in [-0.39, 0.29) is 22.6 Å². The number of thiazole rings is 1. The zero-order chi connectivity index (χ0) is 26.2. The first-order valence-corrected chi connectivity index (χ1v) is 12.0. The molecule has 2 aromatic heterocycles. The summed E-state index contributed by atoms with van der Waals surface area (Å²) in [5.41, 5.74) is 2.58. The molecule has 0 saturated carbocycles.